The third-order valence-corrected chi connectivity index (χ3v) is 4.19. The summed E-state index contributed by atoms with van der Waals surface area (Å²) in [4.78, 5) is 22.9. The molecular formula is C16H21NO3. The fourth-order valence-corrected chi connectivity index (χ4v) is 2.32. The minimum atomic E-state index is -0.791. The molecule has 0 bridgehead atoms. The molecule has 0 heterocycles. The molecule has 1 atom stereocenters. The van der Waals surface area contributed by atoms with Crippen molar-refractivity contribution in [3.05, 3.63) is 29.8 Å². The highest BCUT2D eigenvalue weighted by molar-refractivity contribution is 5.97. The van der Waals surface area contributed by atoms with Gasteiger partial charge >= 0.3 is 5.97 Å². The zero-order valence-corrected chi connectivity index (χ0v) is 12.0. The first-order valence-electron chi connectivity index (χ1n) is 7.10. The number of hydrogen-bond donors (Lipinski definition) is 2. The van der Waals surface area contributed by atoms with E-state index in [1.54, 1.807) is 6.92 Å². The maximum Gasteiger partial charge on any atom is 0.306 e. The summed E-state index contributed by atoms with van der Waals surface area (Å²) < 4.78 is 0. The van der Waals surface area contributed by atoms with E-state index in [9.17, 15) is 9.59 Å². The molecule has 0 aliphatic heterocycles. The lowest BCUT2D eigenvalue weighted by molar-refractivity contribution is -0.141. The van der Waals surface area contributed by atoms with Crippen LogP contribution in [0.1, 0.15) is 38.7 Å². The second kappa shape index (κ2) is 5.65. The van der Waals surface area contributed by atoms with Gasteiger partial charge in [-0.2, -0.15) is 0 Å². The molecule has 1 aromatic rings. The molecule has 1 fully saturated rings. The van der Waals surface area contributed by atoms with Crippen LogP contribution < -0.4 is 5.32 Å². The number of carbonyl (C=O) groups excluding carboxylic acids is 1. The number of anilines is 1. The number of carbonyl (C=O) groups is 2. The molecule has 0 saturated heterocycles. The van der Waals surface area contributed by atoms with Gasteiger partial charge in [0.05, 0.1) is 5.92 Å². The van der Waals surface area contributed by atoms with Crippen LogP contribution in [0.2, 0.25) is 0 Å². The summed E-state index contributed by atoms with van der Waals surface area (Å²) in [6.45, 7) is 3.74. The molecule has 0 aromatic heterocycles. The first-order valence-corrected chi connectivity index (χ1v) is 7.10. The summed E-state index contributed by atoms with van der Waals surface area (Å²) in [6.07, 6.45) is 3.34. The summed E-state index contributed by atoms with van der Waals surface area (Å²) in [6, 6.07) is 7.43. The zero-order chi connectivity index (χ0) is 14.8. The van der Waals surface area contributed by atoms with E-state index in [1.165, 1.54) is 0 Å². The first kappa shape index (κ1) is 14.6. The van der Waals surface area contributed by atoms with Gasteiger partial charge in [-0.25, -0.2) is 0 Å². The van der Waals surface area contributed by atoms with Crippen molar-refractivity contribution in [1.82, 2.24) is 0 Å². The Hall–Kier alpha value is -1.84. The van der Waals surface area contributed by atoms with E-state index in [0.29, 0.717) is 6.42 Å². The van der Waals surface area contributed by atoms with Crippen LogP contribution in [0.25, 0.3) is 0 Å². The summed E-state index contributed by atoms with van der Waals surface area (Å²) in [7, 11) is 0. The smallest absolute Gasteiger partial charge is 0.306 e. The van der Waals surface area contributed by atoms with Crippen LogP contribution in [0.4, 0.5) is 5.69 Å². The average molecular weight is 275 g/mol. The molecule has 4 nitrogen and oxygen atoms in total. The van der Waals surface area contributed by atoms with Crippen LogP contribution in [0.3, 0.4) is 0 Å². The van der Waals surface area contributed by atoms with Gasteiger partial charge in [0, 0.05) is 11.1 Å². The van der Waals surface area contributed by atoms with Crippen molar-refractivity contribution >= 4 is 17.6 Å². The predicted molar refractivity (Wildman–Crippen MR) is 77.5 cm³/mol. The van der Waals surface area contributed by atoms with E-state index >= 15 is 0 Å². The van der Waals surface area contributed by atoms with Crippen molar-refractivity contribution in [3.8, 4) is 0 Å². The summed E-state index contributed by atoms with van der Waals surface area (Å²) in [5.41, 5.74) is 1.60. The van der Waals surface area contributed by atoms with Crippen molar-refractivity contribution in [2.75, 3.05) is 5.32 Å². The van der Waals surface area contributed by atoms with E-state index in [2.05, 4.69) is 5.32 Å². The number of carboxylic acid groups (broad SMARTS) is 1. The van der Waals surface area contributed by atoms with Crippen molar-refractivity contribution < 1.29 is 14.7 Å². The molecule has 108 valence electrons. The SMILES string of the molecule is CCC1(C(=O)Nc2ccc(CC(C)C(=O)O)cc2)CC1. The Morgan fingerprint density at radius 1 is 1.30 bits per heavy atom. The lowest BCUT2D eigenvalue weighted by Gasteiger charge is -2.13. The number of aliphatic carboxylic acids is 1. The van der Waals surface area contributed by atoms with E-state index in [4.69, 9.17) is 5.11 Å². The average Bonchev–Trinajstić information content (AvgIpc) is 3.22. The number of amides is 1. The Morgan fingerprint density at radius 3 is 2.35 bits per heavy atom. The molecule has 0 radical (unpaired) electrons. The minimum Gasteiger partial charge on any atom is -0.481 e. The summed E-state index contributed by atoms with van der Waals surface area (Å²) >= 11 is 0. The lowest BCUT2D eigenvalue weighted by atomic mass is 10.0. The van der Waals surface area contributed by atoms with Gasteiger partial charge in [0.15, 0.2) is 0 Å². The lowest BCUT2D eigenvalue weighted by Crippen LogP contribution is -2.23. The highest BCUT2D eigenvalue weighted by Crippen LogP contribution is 2.49. The van der Waals surface area contributed by atoms with Crippen molar-refractivity contribution in [2.24, 2.45) is 11.3 Å². The minimum absolute atomic E-state index is 0.103. The van der Waals surface area contributed by atoms with Gasteiger partial charge in [-0.15, -0.1) is 0 Å². The molecule has 1 unspecified atom stereocenters. The number of carboxylic acids is 1. The summed E-state index contributed by atoms with van der Waals surface area (Å²) in [5, 5.41) is 11.8. The molecule has 1 aliphatic carbocycles. The number of benzene rings is 1. The number of nitrogens with one attached hydrogen (secondary N) is 1. The van der Waals surface area contributed by atoms with Crippen LogP contribution in [-0.4, -0.2) is 17.0 Å². The Bertz CT molecular complexity index is 503. The van der Waals surface area contributed by atoms with Gasteiger partial charge in [0.1, 0.15) is 0 Å². The summed E-state index contributed by atoms with van der Waals surface area (Å²) in [5.74, 6) is -1.09. The highest BCUT2D eigenvalue weighted by atomic mass is 16.4. The third-order valence-electron chi connectivity index (χ3n) is 4.19. The normalized spacial score (nSPS) is 17.3. The number of hydrogen-bond acceptors (Lipinski definition) is 2. The zero-order valence-electron chi connectivity index (χ0n) is 12.0. The molecule has 2 N–H and O–H groups in total. The Kier molecular flexibility index (Phi) is 4.12. The second-order valence-corrected chi connectivity index (χ2v) is 5.73. The van der Waals surface area contributed by atoms with Gasteiger partial charge in [-0.05, 0) is 43.4 Å². The van der Waals surface area contributed by atoms with Crippen LogP contribution in [0, 0.1) is 11.3 Å². The van der Waals surface area contributed by atoms with Crippen LogP contribution in [0.15, 0.2) is 24.3 Å². The van der Waals surface area contributed by atoms with E-state index in [-0.39, 0.29) is 11.3 Å². The van der Waals surface area contributed by atoms with E-state index in [0.717, 1.165) is 30.5 Å². The van der Waals surface area contributed by atoms with E-state index < -0.39 is 11.9 Å². The largest absolute Gasteiger partial charge is 0.481 e. The molecule has 1 amide bonds. The number of rotatable bonds is 6. The molecule has 1 saturated carbocycles. The van der Waals surface area contributed by atoms with Crippen LogP contribution >= 0.6 is 0 Å². The quantitative estimate of drug-likeness (QED) is 0.838. The highest BCUT2D eigenvalue weighted by Gasteiger charge is 2.47. The van der Waals surface area contributed by atoms with E-state index in [1.807, 2.05) is 31.2 Å². The Morgan fingerprint density at radius 2 is 1.90 bits per heavy atom. The fraction of sp³-hybridized carbons (Fsp3) is 0.500. The van der Waals surface area contributed by atoms with Crippen LogP contribution in [-0.2, 0) is 16.0 Å². The van der Waals surface area contributed by atoms with Gasteiger partial charge in [-0.3, -0.25) is 9.59 Å². The standard InChI is InChI=1S/C16H21NO3/c1-3-16(8-9-16)15(20)17-13-6-4-12(5-7-13)10-11(2)14(18)19/h4-7,11H,3,8-10H2,1-2H3,(H,17,20)(H,18,19). The maximum absolute atomic E-state index is 12.1. The van der Waals surface area contributed by atoms with Gasteiger partial charge in [0.25, 0.3) is 0 Å². The second-order valence-electron chi connectivity index (χ2n) is 5.73. The molecular weight excluding hydrogens is 254 g/mol. The first-order chi connectivity index (χ1) is 9.47. The monoisotopic (exact) mass is 275 g/mol. The third kappa shape index (κ3) is 3.18. The van der Waals surface area contributed by atoms with Gasteiger partial charge in [0.2, 0.25) is 5.91 Å². The predicted octanol–water partition coefficient (Wildman–Crippen LogP) is 3.08. The molecule has 1 aromatic carbocycles. The molecule has 1 aliphatic rings. The fourth-order valence-electron chi connectivity index (χ4n) is 2.32. The van der Waals surface area contributed by atoms with Crippen LogP contribution in [0.5, 0.6) is 0 Å². The molecule has 2 rings (SSSR count). The van der Waals surface area contributed by atoms with Crippen molar-refractivity contribution in [3.63, 3.8) is 0 Å². The van der Waals surface area contributed by atoms with Gasteiger partial charge < -0.3 is 10.4 Å². The Labute approximate surface area is 119 Å². The maximum atomic E-state index is 12.1. The molecule has 4 heteroatoms. The van der Waals surface area contributed by atoms with Gasteiger partial charge in [-0.1, -0.05) is 26.0 Å². The topological polar surface area (TPSA) is 66.4 Å². The Balaban J connectivity index is 1.95. The van der Waals surface area contributed by atoms with Crippen molar-refractivity contribution in [1.29, 1.82) is 0 Å². The molecule has 0 spiro atoms. The molecule has 20 heavy (non-hydrogen) atoms. The van der Waals surface area contributed by atoms with Crippen molar-refractivity contribution in [2.45, 2.75) is 39.5 Å².